The minimum atomic E-state index is 0.941. The van der Waals surface area contributed by atoms with Crippen molar-refractivity contribution in [3.63, 3.8) is 0 Å². The van der Waals surface area contributed by atoms with Crippen molar-refractivity contribution >= 4 is 40.0 Å². The van der Waals surface area contributed by atoms with Crippen LogP contribution in [0.3, 0.4) is 0 Å². The van der Waals surface area contributed by atoms with Gasteiger partial charge in [0, 0.05) is 11.3 Å². The molecule has 0 unspecified atom stereocenters. The first kappa shape index (κ1) is 20.9. The van der Waals surface area contributed by atoms with Crippen molar-refractivity contribution in [1.29, 1.82) is 0 Å². The summed E-state index contributed by atoms with van der Waals surface area (Å²) < 4.78 is 2.23. The van der Waals surface area contributed by atoms with E-state index in [0.29, 0.717) is 0 Å². The van der Waals surface area contributed by atoms with Crippen molar-refractivity contribution in [3.05, 3.63) is 139 Å². The van der Waals surface area contributed by atoms with E-state index >= 15 is 0 Å². The molecule has 0 N–H and O–H groups in total. The predicted octanol–water partition coefficient (Wildman–Crippen LogP) is 8.66. The van der Waals surface area contributed by atoms with Crippen LogP contribution < -0.4 is 0 Å². The molecule has 0 spiro atoms. The molecule has 2 nitrogen and oxygen atoms in total. The SMILES string of the molecule is C=Cc1cc2ccccc2cc1C=Cc1ccc(-c2nc3ccccc3n2-c2ccccc2)cc1. The molecule has 0 bridgehead atoms. The molecule has 0 aliphatic rings. The lowest BCUT2D eigenvalue weighted by atomic mass is 10.00. The lowest BCUT2D eigenvalue weighted by Crippen LogP contribution is -1.97. The van der Waals surface area contributed by atoms with Crippen molar-refractivity contribution < 1.29 is 0 Å². The van der Waals surface area contributed by atoms with Gasteiger partial charge in [-0.15, -0.1) is 0 Å². The molecule has 6 aromatic rings. The largest absolute Gasteiger partial charge is 0.292 e. The van der Waals surface area contributed by atoms with E-state index in [2.05, 4.69) is 126 Å². The molecule has 2 heteroatoms. The number of hydrogen-bond acceptors (Lipinski definition) is 1. The monoisotopic (exact) mass is 448 g/mol. The summed E-state index contributed by atoms with van der Waals surface area (Å²) in [6.45, 7) is 4.01. The van der Waals surface area contributed by atoms with Crippen molar-refractivity contribution in [2.75, 3.05) is 0 Å². The maximum Gasteiger partial charge on any atom is 0.145 e. The van der Waals surface area contributed by atoms with Gasteiger partial charge < -0.3 is 0 Å². The highest BCUT2D eigenvalue weighted by molar-refractivity contribution is 5.90. The van der Waals surface area contributed by atoms with Crippen LogP contribution in [0.5, 0.6) is 0 Å². The topological polar surface area (TPSA) is 17.8 Å². The van der Waals surface area contributed by atoms with Gasteiger partial charge in [0.15, 0.2) is 0 Å². The van der Waals surface area contributed by atoms with Crippen molar-refractivity contribution in [3.8, 4) is 17.1 Å². The number of benzene rings is 5. The third-order valence-electron chi connectivity index (χ3n) is 6.37. The molecule has 166 valence electrons. The fourth-order valence-electron chi connectivity index (χ4n) is 4.58. The fourth-order valence-corrected chi connectivity index (χ4v) is 4.58. The second-order valence-electron chi connectivity index (χ2n) is 8.58. The van der Waals surface area contributed by atoms with Gasteiger partial charge in [-0.05, 0) is 63.9 Å². The molecule has 6 rings (SSSR count). The van der Waals surface area contributed by atoms with E-state index in [1.165, 1.54) is 10.8 Å². The zero-order chi connectivity index (χ0) is 23.6. The van der Waals surface area contributed by atoms with E-state index in [1.54, 1.807) is 0 Å². The highest BCUT2D eigenvalue weighted by Crippen LogP contribution is 2.29. The summed E-state index contributed by atoms with van der Waals surface area (Å²) in [7, 11) is 0. The zero-order valence-corrected chi connectivity index (χ0v) is 19.3. The molecule has 35 heavy (non-hydrogen) atoms. The average Bonchev–Trinajstić information content (AvgIpc) is 3.32. The molecule has 0 aliphatic carbocycles. The van der Waals surface area contributed by atoms with E-state index in [4.69, 9.17) is 4.98 Å². The predicted molar refractivity (Wildman–Crippen MR) is 149 cm³/mol. The lowest BCUT2D eigenvalue weighted by molar-refractivity contribution is 1.10. The lowest BCUT2D eigenvalue weighted by Gasteiger charge is -2.10. The van der Waals surface area contributed by atoms with Crippen LogP contribution in [0.4, 0.5) is 0 Å². The Hall–Kier alpha value is -4.69. The molecule has 0 radical (unpaired) electrons. The summed E-state index contributed by atoms with van der Waals surface area (Å²) in [6, 6.07) is 40.1. The van der Waals surface area contributed by atoms with Gasteiger partial charge in [0.1, 0.15) is 5.82 Å². The highest BCUT2D eigenvalue weighted by Gasteiger charge is 2.13. The Morgan fingerprint density at radius 3 is 2.03 bits per heavy atom. The summed E-state index contributed by atoms with van der Waals surface area (Å²) in [5, 5.41) is 2.46. The molecule has 0 aliphatic heterocycles. The quantitative estimate of drug-likeness (QED) is 0.241. The first-order valence-electron chi connectivity index (χ1n) is 11.8. The van der Waals surface area contributed by atoms with Crippen molar-refractivity contribution in [2.24, 2.45) is 0 Å². The number of nitrogens with zero attached hydrogens (tertiary/aromatic N) is 2. The van der Waals surface area contributed by atoms with Crippen LogP contribution in [0.15, 0.2) is 122 Å². The number of hydrogen-bond donors (Lipinski definition) is 0. The van der Waals surface area contributed by atoms with Gasteiger partial charge in [0.25, 0.3) is 0 Å². The van der Waals surface area contributed by atoms with E-state index < -0.39 is 0 Å². The molecule has 0 amide bonds. The van der Waals surface area contributed by atoms with Crippen molar-refractivity contribution in [1.82, 2.24) is 9.55 Å². The smallest absolute Gasteiger partial charge is 0.145 e. The fraction of sp³-hybridized carbons (Fsp3) is 0. The van der Waals surface area contributed by atoms with Crippen LogP contribution in [0, 0.1) is 0 Å². The van der Waals surface area contributed by atoms with Gasteiger partial charge in [0.2, 0.25) is 0 Å². The van der Waals surface area contributed by atoms with Gasteiger partial charge in [-0.3, -0.25) is 4.57 Å². The summed E-state index contributed by atoms with van der Waals surface area (Å²) in [4.78, 5) is 4.97. The minimum Gasteiger partial charge on any atom is -0.292 e. The zero-order valence-electron chi connectivity index (χ0n) is 19.3. The summed E-state index contributed by atoms with van der Waals surface area (Å²) in [6.07, 6.45) is 6.24. The standard InChI is InChI=1S/C33H24N2/c1-2-25-22-27-10-6-7-11-28(27)23-29(25)21-18-24-16-19-26(20-17-24)33-34-31-14-8-9-15-32(31)35(33)30-12-4-3-5-13-30/h2-23H,1H2. The molecular formula is C33H24N2. The van der Waals surface area contributed by atoms with Crippen LogP contribution in [-0.4, -0.2) is 9.55 Å². The van der Waals surface area contributed by atoms with E-state index in [9.17, 15) is 0 Å². The van der Waals surface area contributed by atoms with E-state index in [0.717, 1.165) is 44.8 Å². The Morgan fingerprint density at radius 1 is 0.629 bits per heavy atom. The van der Waals surface area contributed by atoms with Crippen LogP contribution in [0.2, 0.25) is 0 Å². The number of rotatable bonds is 5. The van der Waals surface area contributed by atoms with Crippen LogP contribution in [0.25, 0.3) is 57.1 Å². The molecule has 0 saturated carbocycles. The van der Waals surface area contributed by atoms with Crippen LogP contribution in [-0.2, 0) is 0 Å². The summed E-state index contributed by atoms with van der Waals surface area (Å²) in [5.74, 6) is 0.941. The number of fused-ring (bicyclic) bond motifs is 2. The Kier molecular flexibility index (Phi) is 5.32. The Labute approximate surface area is 205 Å². The molecule has 1 heterocycles. The molecular weight excluding hydrogens is 424 g/mol. The first-order valence-corrected chi connectivity index (χ1v) is 11.8. The van der Waals surface area contributed by atoms with Gasteiger partial charge in [-0.25, -0.2) is 4.98 Å². The second kappa shape index (κ2) is 8.92. The van der Waals surface area contributed by atoms with Gasteiger partial charge >= 0.3 is 0 Å². The number of imidazole rings is 1. The van der Waals surface area contributed by atoms with E-state index in [-0.39, 0.29) is 0 Å². The highest BCUT2D eigenvalue weighted by atomic mass is 15.1. The maximum absolute atomic E-state index is 4.97. The van der Waals surface area contributed by atoms with E-state index in [1.807, 2.05) is 18.2 Å². The summed E-state index contributed by atoms with van der Waals surface area (Å²) >= 11 is 0. The van der Waals surface area contributed by atoms with Crippen molar-refractivity contribution in [2.45, 2.75) is 0 Å². The van der Waals surface area contributed by atoms with Crippen LogP contribution >= 0.6 is 0 Å². The molecule has 0 fully saturated rings. The first-order chi connectivity index (χ1) is 17.3. The number of aromatic nitrogens is 2. The minimum absolute atomic E-state index is 0.941. The molecule has 1 aromatic heterocycles. The van der Waals surface area contributed by atoms with Gasteiger partial charge in [-0.2, -0.15) is 0 Å². The number of para-hydroxylation sites is 3. The third-order valence-corrected chi connectivity index (χ3v) is 6.37. The molecule has 0 atom stereocenters. The van der Waals surface area contributed by atoms with Gasteiger partial charge in [0.05, 0.1) is 11.0 Å². The van der Waals surface area contributed by atoms with Gasteiger partial charge in [-0.1, -0.05) is 104 Å². The Bertz CT molecular complexity index is 1690. The summed E-state index contributed by atoms with van der Waals surface area (Å²) in [5.41, 5.74) is 7.71. The second-order valence-corrected chi connectivity index (χ2v) is 8.58. The van der Waals surface area contributed by atoms with Crippen LogP contribution in [0.1, 0.15) is 16.7 Å². The Morgan fingerprint density at radius 2 is 1.29 bits per heavy atom. The normalized spacial score (nSPS) is 11.4. The molecule has 5 aromatic carbocycles. The maximum atomic E-state index is 4.97. The average molecular weight is 449 g/mol. The molecule has 0 saturated heterocycles. The third kappa shape index (κ3) is 3.96. The Balaban J connectivity index is 1.37.